The normalized spacial score (nSPS) is 9.90. The van der Waals surface area contributed by atoms with Crippen LogP contribution >= 0.6 is 11.8 Å². The molecule has 2 aromatic carbocycles. The lowest BCUT2D eigenvalue weighted by Crippen LogP contribution is -2.14. The van der Waals surface area contributed by atoms with Crippen LogP contribution < -0.4 is 9.47 Å². The van der Waals surface area contributed by atoms with Gasteiger partial charge in [-0.2, -0.15) is 5.26 Å². The van der Waals surface area contributed by atoms with Gasteiger partial charge in [0, 0.05) is 11.3 Å². The second-order valence-electron chi connectivity index (χ2n) is 5.54. The lowest BCUT2D eigenvalue weighted by Gasteiger charge is -2.10. The van der Waals surface area contributed by atoms with E-state index in [2.05, 4.69) is 4.84 Å². The zero-order valence-corrected chi connectivity index (χ0v) is 15.9. The van der Waals surface area contributed by atoms with Crippen molar-refractivity contribution in [3.8, 4) is 16.9 Å². The number of esters is 2. The fourth-order valence-corrected chi connectivity index (χ4v) is 2.58. The van der Waals surface area contributed by atoms with Crippen molar-refractivity contribution in [2.75, 3.05) is 6.61 Å². The molecule has 29 heavy (non-hydrogen) atoms. The number of nitrogens with zero attached hydrogens (tertiary/aromatic N) is 2. The molecule has 0 saturated heterocycles. The molecule has 0 aliphatic heterocycles. The summed E-state index contributed by atoms with van der Waals surface area (Å²) in [7, 11) is 0. The maximum Gasteiger partial charge on any atom is 0.347 e. The third-order valence-corrected chi connectivity index (χ3v) is 4.10. The summed E-state index contributed by atoms with van der Waals surface area (Å²) in [6.07, 6.45) is 0.675. The van der Waals surface area contributed by atoms with Crippen molar-refractivity contribution in [1.29, 1.82) is 5.26 Å². The molecule has 0 fully saturated rings. The van der Waals surface area contributed by atoms with Crippen LogP contribution in [0, 0.1) is 20.8 Å². The molecule has 0 aromatic heterocycles. The molecule has 0 atom stereocenters. The molecule has 0 aliphatic carbocycles. The van der Waals surface area contributed by atoms with Crippen LogP contribution in [-0.2, 0) is 9.63 Å². The summed E-state index contributed by atoms with van der Waals surface area (Å²) in [6.45, 7) is -0.102. The minimum Gasteiger partial charge on any atom is -0.426 e. The van der Waals surface area contributed by atoms with Crippen molar-refractivity contribution in [2.24, 2.45) is 0 Å². The summed E-state index contributed by atoms with van der Waals surface area (Å²) < 4.78 is 10.5. The van der Waals surface area contributed by atoms with E-state index in [-0.39, 0.29) is 30.1 Å². The highest BCUT2D eigenvalue weighted by Crippen LogP contribution is 2.24. The number of unbranched alkanes of at least 4 members (excludes halogenated alkanes) is 1. The molecule has 0 saturated carbocycles. The van der Waals surface area contributed by atoms with Crippen molar-refractivity contribution < 1.29 is 29.0 Å². The Morgan fingerprint density at radius 1 is 1.07 bits per heavy atom. The Morgan fingerprint density at radius 2 is 1.79 bits per heavy atom. The Balaban J connectivity index is 1.93. The molecule has 2 aromatic rings. The molecular weight excluding hydrogens is 400 g/mol. The summed E-state index contributed by atoms with van der Waals surface area (Å²) in [4.78, 5) is 39.3. The van der Waals surface area contributed by atoms with Crippen LogP contribution in [0.1, 0.15) is 29.6 Å². The highest BCUT2D eigenvalue weighted by molar-refractivity contribution is 8.03. The Bertz CT molecular complexity index is 910. The summed E-state index contributed by atoms with van der Waals surface area (Å²) >= 11 is 0.986. The van der Waals surface area contributed by atoms with Crippen molar-refractivity contribution in [3.05, 3.63) is 64.2 Å². The molecule has 0 N–H and O–H groups in total. The minimum atomic E-state index is -0.893. The van der Waals surface area contributed by atoms with Crippen molar-refractivity contribution >= 4 is 23.7 Å². The molecule has 0 bridgehead atoms. The maximum absolute atomic E-state index is 12.4. The average molecular weight is 416 g/mol. The van der Waals surface area contributed by atoms with E-state index in [1.54, 1.807) is 36.4 Å². The van der Waals surface area contributed by atoms with E-state index in [4.69, 9.17) is 14.7 Å². The number of para-hydroxylation sites is 1. The number of benzene rings is 2. The van der Waals surface area contributed by atoms with E-state index >= 15 is 0 Å². The van der Waals surface area contributed by atoms with Crippen LogP contribution in [-0.4, -0.2) is 23.6 Å². The largest absolute Gasteiger partial charge is 0.426 e. The van der Waals surface area contributed by atoms with Gasteiger partial charge in [0.05, 0.1) is 6.61 Å². The number of hydrogen-bond acceptors (Lipinski definition) is 9. The predicted octanol–water partition coefficient (Wildman–Crippen LogP) is 3.76. The quantitative estimate of drug-likeness (QED) is 0.108. The number of thiocyanates is 1. The Kier molecular flexibility index (Phi) is 8.47. The highest BCUT2D eigenvalue weighted by atomic mass is 32.2. The second-order valence-corrected chi connectivity index (χ2v) is 6.40. The number of ether oxygens (including phenoxy) is 2. The third kappa shape index (κ3) is 7.51. The molecule has 10 heteroatoms. The van der Waals surface area contributed by atoms with E-state index in [9.17, 15) is 19.7 Å². The highest BCUT2D eigenvalue weighted by Gasteiger charge is 2.17. The summed E-state index contributed by atoms with van der Waals surface area (Å²) in [5.74, 6) is -0.942. The van der Waals surface area contributed by atoms with Crippen LogP contribution in [0.2, 0.25) is 0 Å². The lowest BCUT2D eigenvalue weighted by atomic mass is 10.2. The van der Waals surface area contributed by atoms with E-state index < -0.39 is 17.0 Å². The van der Waals surface area contributed by atoms with Gasteiger partial charge in [-0.15, -0.1) is 10.1 Å². The number of carbonyl (C=O) groups is 2. The number of thioether (sulfide) groups is 1. The number of rotatable bonds is 10. The van der Waals surface area contributed by atoms with Gasteiger partial charge >= 0.3 is 11.9 Å². The Labute approximate surface area is 170 Å². The van der Waals surface area contributed by atoms with Crippen LogP contribution in [0.4, 0.5) is 0 Å². The fraction of sp³-hybridized carbons (Fsp3) is 0.211. The van der Waals surface area contributed by atoms with E-state index in [1.165, 1.54) is 12.1 Å². The van der Waals surface area contributed by atoms with Gasteiger partial charge in [-0.3, -0.25) is 4.79 Å². The first kappa shape index (κ1) is 21.7. The molecule has 0 spiro atoms. The van der Waals surface area contributed by atoms with Crippen molar-refractivity contribution in [3.63, 3.8) is 0 Å². The van der Waals surface area contributed by atoms with Gasteiger partial charge in [0.25, 0.3) is 5.09 Å². The molecule has 0 heterocycles. The van der Waals surface area contributed by atoms with Crippen LogP contribution in [0.15, 0.2) is 53.4 Å². The maximum atomic E-state index is 12.4. The van der Waals surface area contributed by atoms with Gasteiger partial charge in [-0.05, 0) is 61.0 Å². The average Bonchev–Trinajstić information content (AvgIpc) is 2.69. The van der Waals surface area contributed by atoms with Gasteiger partial charge in [-0.25, -0.2) is 4.79 Å². The smallest absolute Gasteiger partial charge is 0.347 e. The predicted molar refractivity (Wildman–Crippen MR) is 102 cm³/mol. The van der Waals surface area contributed by atoms with Gasteiger partial charge in [-0.1, -0.05) is 12.1 Å². The van der Waals surface area contributed by atoms with Crippen LogP contribution in [0.5, 0.6) is 11.5 Å². The van der Waals surface area contributed by atoms with E-state index in [0.717, 1.165) is 11.8 Å². The van der Waals surface area contributed by atoms with Gasteiger partial charge in [0.15, 0.2) is 0 Å². The van der Waals surface area contributed by atoms with Gasteiger partial charge in [0.1, 0.15) is 22.5 Å². The molecule has 2 rings (SSSR count). The van der Waals surface area contributed by atoms with E-state index in [1.807, 2.05) is 5.40 Å². The monoisotopic (exact) mass is 416 g/mol. The molecule has 0 radical (unpaired) electrons. The second kappa shape index (κ2) is 11.3. The van der Waals surface area contributed by atoms with Gasteiger partial charge < -0.3 is 14.3 Å². The number of hydrogen-bond donors (Lipinski definition) is 0. The zero-order valence-electron chi connectivity index (χ0n) is 15.1. The third-order valence-electron chi connectivity index (χ3n) is 3.50. The van der Waals surface area contributed by atoms with Crippen molar-refractivity contribution in [1.82, 2.24) is 0 Å². The summed E-state index contributed by atoms with van der Waals surface area (Å²) in [5.41, 5.74) is 0.0769. The zero-order chi connectivity index (χ0) is 21.1. The van der Waals surface area contributed by atoms with Crippen LogP contribution in [0.3, 0.4) is 0 Å². The first-order chi connectivity index (χ1) is 14.0. The number of nitriles is 1. The first-order valence-corrected chi connectivity index (χ1v) is 9.26. The topological polar surface area (TPSA) is 129 Å². The van der Waals surface area contributed by atoms with Crippen molar-refractivity contribution in [2.45, 2.75) is 24.2 Å². The molecule has 0 aliphatic rings. The first-order valence-electron chi connectivity index (χ1n) is 8.45. The number of carbonyl (C=O) groups excluding carboxylic acids is 2. The molecule has 9 nitrogen and oxygen atoms in total. The minimum absolute atomic E-state index is 0.0163. The molecular formula is C19H16N2O7S. The standard InChI is InChI=1S/C19H16N2O7S/c20-13-29-15-10-8-14(9-11-15)27-19(23)16-5-1-2-6-17(16)28-18(22)7-3-4-12-26-21(24)25/h1-2,5-6,8-11H,3-4,7,12H2. The SMILES string of the molecule is N#CSc1ccc(OC(=O)c2ccccc2OC(=O)CCCCO[N+](=O)[O-])cc1. The summed E-state index contributed by atoms with van der Waals surface area (Å²) in [6, 6.07) is 12.6. The molecule has 0 amide bonds. The Morgan fingerprint density at radius 3 is 2.48 bits per heavy atom. The summed E-state index contributed by atoms with van der Waals surface area (Å²) in [5, 5.41) is 19.7. The molecule has 0 unspecified atom stereocenters. The van der Waals surface area contributed by atoms with Gasteiger partial charge in [0.2, 0.25) is 0 Å². The fourth-order valence-electron chi connectivity index (χ4n) is 2.20. The molecule has 150 valence electrons. The van der Waals surface area contributed by atoms with Crippen LogP contribution in [0.25, 0.3) is 0 Å². The lowest BCUT2D eigenvalue weighted by molar-refractivity contribution is -0.757. The Hall–Kier alpha value is -3.58. The van der Waals surface area contributed by atoms with E-state index in [0.29, 0.717) is 17.7 Å².